The minimum atomic E-state index is -0.637. The quantitative estimate of drug-likeness (QED) is 0.554. The highest BCUT2D eigenvalue weighted by atomic mass is 79.9. The van der Waals surface area contributed by atoms with Crippen LogP contribution in [0.25, 0.3) is 11.8 Å². The second-order valence-electron chi connectivity index (χ2n) is 7.57. The number of hydrogen-bond donors (Lipinski definition) is 1. The normalized spacial score (nSPS) is 19.3. The van der Waals surface area contributed by atoms with E-state index in [1.54, 1.807) is 6.08 Å². The molecular formula is C22H22BrN3O3. The highest BCUT2D eigenvalue weighted by Crippen LogP contribution is 2.29. The first kappa shape index (κ1) is 19.6. The molecule has 0 radical (unpaired) electrons. The van der Waals surface area contributed by atoms with E-state index in [0.29, 0.717) is 0 Å². The first-order valence-corrected chi connectivity index (χ1v) is 10.5. The Balaban J connectivity index is 1.73. The van der Waals surface area contributed by atoms with E-state index in [2.05, 4.69) is 25.8 Å². The second-order valence-corrected chi connectivity index (χ2v) is 8.49. The zero-order valence-electron chi connectivity index (χ0n) is 16.4. The Morgan fingerprint density at radius 2 is 1.83 bits per heavy atom. The van der Waals surface area contributed by atoms with Crippen molar-refractivity contribution >= 4 is 39.9 Å². The monoisotopic (exact) mass is 455 g/mol. The fourth-order valence-electron chi connectivity index (χ4n) is 4.27. The maximum atomic E-state index is 13.0. The average Bonchev–Trinajstić information content (AvgIpc) is 3.27. The Hall–Kier alpha value is -2.67. The number of nitrogens with zero attached hydrogens (tertiary/aromatic N) is 2. The van der Waals surface area contributed by atoms with Crippen LogP contribution < -0.4 is 5.32 Å². The Labute approximate surface area is 177 Å². The topological polar surface area (TPSA) is 71.4 Å². The number of imide groups is 2. The van der Waals surface area contributed by atoms with Crippen LogP contribution in [0.3, 0.4) is 0 Å². The third-order valence-corrected chi connectivity index (χ3v) is 6.15. The number of aromatic nitrogens is 1. The van der Waals surface area contributed by atoms with Crippen molar-refractivity contribution in [3.8, 4) is 5.69 Å². The van der Waals surface area contributed by atoms with Crippen molar-refractivity contribution in [3.05, 3.63) is 57.3 Å². The highest BCUT2D eigenvalue weighted by Gasteiger charge is 2.40. The zero-order chi connectivity index (χ0) is 20.7. The van der Waals surface area contributed by atoms with Gasteiger partial charge in [0.15, 0.2) is 0 Å². The molecule has 0 atom stereocenters. The van der Waals surface area contributed by atoms with Gasteiger partial charge in [-0.3, -0.25) is 19.8 Å². The molecule has 4 rings (SSSR count). The number of rotatable bonds is 3. The van der Waals surface area contributed by atoms with Crippen LogP contribution in [0.1, 0.15) is 42.6 Å². The molecule has 0 bridgehead atoms. The van der Waals surface area contributed by atoms with E-state index in [1.165, 1.54) is 4.90 Å². The fraction of sp³-hybridized carbons (Fsp3) is 0.318. The average molecular weight is 456 g/mol. The SMILES string of the molecule is Cc1cc(/C=C2\C(=O)NC(=O)N(C3CCCC3)C2=O)c(C)n1-c1cccc(Br)c1. The molecule has 7 heteroatoms. The molecule has 0 spiro atoms. The van der Waals surface area contributed by atoms with Crippen molar-refractivity contribution < 1.29 is 14.4 Å². The molecular weight excluding hydrogens is 434 g/mol. The molecule has 4 amide bonds. The molecule has 1 aliphatic carbocycles. The van der Waals surface area contributed by atoms with Crippen molar-refractivity contribution in [2.75, 3.05) is 0 Å². The summed E-state index contributed by atoms with van der Waals surface area (Å²) in [5.74, 6) is -1.14. The molecule has 2 heterocycles. The highest BCUT2D eigenvalue weighted by molar-refractivity contribution is 9.10. The van der Waals surface area contributed by atoms with Crippen LogP contribution in [0.2, 0.25) is 0 Å². The summed E-state index contributed by atoms with van der Waals surface area (Å²) < 4.78 is 3.04. The van der Waals surface area contributed by atoms with Gasteiger partial charge in [0.1, 0.15) is 5.57 Å². The van der Waals surface area contributed by atoms with Gasteiger partial charge in [0, 0.05) is 27.6 Å². The number of barbiturate groups is 1. The van der Waals surface area contributed by atoms with E-state index in [0.717, 1.165) is 52.8 Å². The van der Waals surface area contributed by atoms with Crippen molar-refractivity contribution in [1.29, 1.82) is 0 Å². The number of hydrogen-bond acceptors (Lipinski definition) is 3. The van der Waals surface area contributed by atoms with Gasteiger partial charge in [-0.05, 0) is 62.6 Å². The van der Waals surface area contributed by atoms with Gasteiger partial charge >= 0.3 is 6.03 Å². The van der Waals surface area contributed by atoms with Crippen LogP contribution in [0.4, 0.5) is 4.79 Å². The Kier molecular flexibility index (Phi) is 5.17. The lowest BCUT2D eigenvalue weighted by Gasteiger charge is -2.31. The maximum Gasteiger partial charge on any atom is 0.331 e. The summed E-state index contributed by atoms with van der Waals surface area (Å²) in [7, 11) is 0. The van der Waals surface area contributed by atoms with Gasteiger partial charge in [-0.2, -0.15) is 0 Å². The van der Waals surface area contributed by atoms with E-state index in [1.807, 2.05) is 44.2 Å². The van der Waals surface area contributed by atoms with Crippen LogP contribution in [-0.4, -0.2) is 33.4 Å². The maximum absolute atomic E-state index is 13.0. The molecule has 2 fully saturated rings. The molecule has 1 aliphatic heterocycles. The Morgan fingerprint density at radius 3 is 2.52 bits per heavy atom. The number of aryl methyl sites for hydroxylation is 1. The summed E-state index contributed by atoms with van der Waals surface area (Å²) in [5.41, 5.74) is 3.67. The van der Waals surface area contributed by atoms with E-state index in [-0.39, 0.29) is 11.6 Å². The number of amides is 4. The van der Waals surface area contributed by atoms with Gasteiger partial charge in [0.05, 0.1) is 0 Å². The van der Waals surface area contributed by atoms with Crippen molar-refractivity contribution in [2.45, 2.75) is 45.6 Å². The Morgan fingerprint density at radius 1 is 1.10 bits per heavy atom. The lowest BCUT2D eigenvalue weighted by atomic mass is 10.1. The van der Waals surface area contributed by atoms with Crippen LogP contribution in [0.15, 0.2) is 40.4 Å². The van der Waals surface area contributed by atoms with Gasteiger partial charge in [-0.15, -0.1) is 0 Å². The predicted molar refractivity (Wildman–Crippen MR) is 114 cm³/mol. The van der Waals surface area contributed by atoms with E-state index in [4.69, 9.17) is 0 Å². The first-order valence-electron chi connectivity index (χ1n) is 9.72. The van der Waals surface area contributed by atoms with Gasteiger partial charge < -0.3 is 4.57 Å². The standard InChI is InChI=1S/C22H22BrN3O3/c1-13-10-15(14(2)25(13)18-9-5-6-16(23)12-18)11-19-20(27)24-22(29)26(21(19)28)17-7-3-4-8-17/h5-6,9-12,17H,3-4,7-8H2,1-2H3,(H,24,27,29)/b19-11+. The fourth-order valence-corrected chi connectivity index (χ4v) is 4.65. The smallest absolute Gasteiger partial charge is 0.318 e. The predicted octanol–water partition coefficient (Wildman–Crippen LogP) is 4.26. The van der Waals surface area contributed by atoms with Crippen molar-refractivity contribution in [2.24, 2.45) is 0 Å². The molecule has 1 saturated heterocycles. The van der Waals surface area contributed by atoms with Gasteiger partial charge in [-0.25, -0.2) is 4.79 Å². The minimum absolute atomic E-state index is 0.00555. The molecule has 29 heavy (non-hydrogen) atoms. The third kappa shape index (κ3) is 3.55. The molecule has 1 aromatic heterocycles. The zero-order valence-corrected chi connectivity index (χ0v) is 18.0. The van der Waals surface area contributed by atoms with E-state index >= 15 is 0 Å². The molecule has 1 saturated carbocycles. The molecule has 1 N–H and O–H groups in total. The van der Waals surface area contributed by atoms with E-state index < -0.39 is 17.8 Å². The lowest BCUT2D eigenvalue weighted by molar-refractivity contribution is -0.131. The van der Waals surface area contributed by atoms with E-state index in [9.17, 15) is 14.4 Å². The summed E-state index contributed by atoms with van der Waals surface area (Å²) in [6.45, 7) is 3.93. The third-order valence-electron chi connectivity index (χ3n) is 5.66. The van der Waals surface area contributed by atoms with Gasteiger partial charge in [0.2, 0.25) is 0 Å². The summed E-state index contributed by atoms with van der Waals surface area (Å²) in [4.78, 5) is 39.0. The molecule has 6 nitrogen and oxygen atoms in total. The molecule has 1 aromatic carbocycles. The largest absolute Gasteiger partial charge is 0.331 e. The molecule has 0 unspecified atom stereocenters. The number of nitrogens with one attached hydrogen (secondary N) is 1. The molecule has 150 valence electrons. The van der Waals surface area contributed by atoms with Crippen LogP contribution in [-0.2, 0) is 9.59 Å². The summed E-state index contributed by atoms with van der Waals surface area (Å²) >= 11 is 3.49. The summed E-state index contributed by atoms with van der Waals surface area (Å²) in [6.07, 6.45) is 5.16. The number of halogens is 1. The molecule has 2 aromatic rings. The van der Waals surface area contributed by atoms with Crippen LogP contribution >= 0.6 is 15.9 Å². The van der Waals surface area contributed by atoms with Crippen molar-refractivity contribution in [3.63, 3.8) is 0 Å². The van der Waals surface area contributed by atoms with Gasteiger partial charge in [-0.1, -0.05) is 34.8 Å². The van der Waals surface area contributed by atoms with Crippen molar-refractivity contribution in [1.82, 2.24) is 14.8 Å². The first-order chi connectivity index (χ1) is 13.9. The number of carbonyl (C=O) groups is 3. The second kappa shape index (κ2) is 7.63. The lowest BCUT2D eigenvalue weighted by Crippen LogP contribution is -2.57. The summed E-state index contributed by atoms with van der Waals surface area (Å²) in [6, 6.07) is 9.13. The number of benzene rings is 1. The number of carbonyl (C=O) groups excluding carboxylic acids is 3. The van der Waals surface area contributed by atoms with Gasteiger partial charge in [0.25, 0.3) is 11.8 Å². The van der Waals surface area contributed by atoms with Crippen LogP contribution in [0, 0.1) is 13.8 Å². The summed E-state index contributed by atoms with van der Waals surface area (Å²) in [5, 5.41) is 2.33. The minimum Gasteiger partial charge on any atom is -0.318 e. The van der Waals surface area contributed by atoms with Crippen LogP contribution in [0.5, 0.6) is 0 Å². The number of urea groups is 1. The molecule has 2 aliphatic rings. The Bertz CT molecular complexity index is 1050.